The molecule has 1 aromatic heterocycles. The van der Waals surface area contributed by atoms with Gasteiger partial charge in [0.25, 0.3) is 0 Å². The van der Waals surface area contributed by atoms with Gasteiger partial charge in [-0.25, -0.2) is 4.68 Å². The number of hydrogen-bond acceptors (Lipinski definition) is 6. The molecule has 2 atom stereocenters. The standard InChI is InChI=1S/C24H22N6OS/c1-30-23(27-28-29-30)32-22-20(21(31)25-22)26-24(17-11-5-2-6-12-17,18-13-7-3-8-14-18)19-15-9-4-10-16-19/h2-16,20,22,26H,1H3,(H,25,31)/t20-,22-/m1/s1. The highest BCUT2D eigenvalue weighted by Crippen LogP contribution is 2.39. The molecular weight excluding hydrogens is 420 g/mol. The lowest BCUT2D eigenvalue weighted by Crippen LogP contribution is -2.70. The second kappa shape index (κ2) is 8.57. The van der Waals surface area contributed by atoms with Gasteiger partial charge in [-0.05, 0) is 27.1 Å². The van der Waals surface area contributed by atoms with Crippen molar-refractivity contribution in [1.29, 1.82) is 0 Å². The molecule has 8 heteroatoms. The van der Waals surface area contributed by atoms with Crippen LogP contribution in [0.5, 0.6) is 0 Å². The first-order valence-corrected chi connectivity index (χ1v) is 11.2. The van der Waals surface area contributed by atoms with Crippen LogP contribution in [0.25, 0.3) is 0 Å². The molecule has 32 heavy (non-hydrogen) atoms. The number of carbonyl (C=O) groups is 1. The highest BCUT2D eigenvalue weighted by Gasteiger charge is 2.48. The molecule has 3 aromatic carbocycles. The van der Waals surface area contributed by atoms with Gasteiger partial charge in [-0.2, -0.15) is 0 Å². The fraction of sp³-hybridized carbons (Fsp3) is 0.167. The minimum absolute atomic E-state index is 0.0511. The third kappa shape index (κ3) is 3.57. The van der Waals surface area contributed by atoms with Crippen LogP contribution in [0.1, 0.15) is 16.7 Å². The summed E-state index contributed by atoms with van der Waals surface area (Å²) in [4.78, 5) is 12.8. The summed E-state index contributed by atoms with van der Waals surface area (Å²) in [6.07, 6.45) is 0. The molecule has 0 saturated carbocycles. The number of aromatic nitrogens is 4. The first kappa shape index (κ1) is 20.4. The lowest BCUT2D eigenvalue weighted by molar-refractivity contribution is -0.129. The van der Waals surface area contributed by atoms with Crippen molar-refractivity contribution in [3.8, 4) is 0 Å². The van der Waals surface area contributed by atoms with Gasteiger partial charge in [-0.1, -0.05) is 103 Å². The average molecular weight is 443 g/mol. The zero-order valence-electron chi connectivity index (χ0n) is 17.4. The van der Waals surface area contributed by atoms with E-state index in [0.717, 1.165) is 16.7 Å². The Balaban J connectivity index is 1.61. The van der Waals surface area contributed by atoms with Crippen LogP contribution in [0, 0.1) is 0 Å². The molecule has 160 valence electrons. The van der Waals surface area contributed by atoms with E-state index in [0.29, 0.717) is 5.16 Å². The maximum Gasteiger partial charge on any atom is 0.241 e. The van der Waals surface area contributed by atoms with Crippen LogP contribution >= 0.6 is 11.8 Å². The van der Waals surface area contributed by atoms with Crippen LogP contribution in [0.2, 0.25) is 0 Å². The van der Waals surface area contributed by atoms with Crippen molar-refractivity contribution in [3.05, 3.63) is 108 Å². The van der Waals surface area contributed by atoms with E-state index in [1.165, 1.54) is 11.8 Å². The van der Waals surface area contributed by atoms with E-state index in [1.54, 1.807) is 11.7 Å². The summed E-state index contributed by atoms with van der Waals surface area (Å²) in [6.45, 7) is 0. The quantitative estimate of drug-likeness (QED) is 0.338. The van der Waals surface area contributed by atoms with E-state index in [1.807, 2.05) is 54.6 Å². The van der Waals surface area contributed by atoms with Gasteiger partial charge in [0.15, 0.2) is 0 Å². The van der Waals surface area contributed by atoms with Crippen molar-refractivity contribution in [2.24, 2.45) is 7.05 Å². The van der Waals surface area contributed by atoms with Gasteiger partial charge in [0.05, 0.1) is 5.54 Å². The summed E-state index contributed by atoms with van der Waals surface area (Å²) in [6, 6.07) is 30.3. The first-order valence-electron chi connectivity index (χ1n) is 10.3. The first-order chi connectivity index (χ1) is 15.7. The average Bonchev–Trinajstić information content (AvgIpc) is 3.25. The second-order valence-electron chi connectivity index (χ2n) is 7.60. The minimum atomic E-state index is -0.719. The van der Waals surface area contributed by atoms with E-state index >= 15 is 0 Å². The van der Waals surface area contributed by atoms with Crippen molar-refractivity contribution in [2.45, 2.75) is 22.1 Å². The number of nitrogens with one attached hydrogen (secondary N) is 2. The maximum atomic E-state index is 12.8. The maximum absolute atomic E-state index is 12.8. The molecule has 4 aromatic rings. The predicted molar refractivity (Wildman–Crippen MR) is 123 cm³/mol. The molecule has 0 bridgehead atoms. The van der Waals surface area contributed by atoms with Crippen molar-refractivity contribution >= 4 is 17.7 Å². The molecule has 0 aliphatic carbocycles. The monoisotopic (exact) mass is 442 g/mol. The summed E-state index contributed by atoms with van der Waals surface area (Å²) < 4.78 is 1.60. The molecule has 1 amide bonds. The molecule has 2 heterocycles. The summed E-state index contributed by atoms with van der Waals surface area (Å²) in [5.74, 6) is -0.0511. The molecule has 5 rings (SSSR count). The van der Waals surface area contributed by atoms with E-state index in [9.17, 15) is 4.79 Å². The third-order valence-corrected chi connectivity index (χ3v) is 6.88. The summed E-state index contributed by atoms with van der Waals surface area (Å²) in [5.41, 5.74) is 2.45. The number of tetrazole rings is 1. The second-order valence-corrected chi connectivity index (χ2v) is 8.71. The van der Waals surface area contributed by atoms with E-state index in [4.69, 9.17) is 0 Å². The van der Waals surface area contributed by atoms with Crippen molar-refractivity contribution in [2.75, 3.05) is 0 Å². The van der Waals surface area contributed by atoms with Gasteiger partial charge in [0, 0.05) is 7.05 Å². The summed E-state index contributed by atoms with van der Waals surface area (Å²) in [7, 11) is 1.79. The van der Waals surface area contributed by atoms with Crippen LogP contribution in [0.4, 0.5) is 0 Å². The number of benzene rings is 3. The molecule has 7 nitrogen and oxygen atoms in total. The smallest absolute Gasteiger partial charge is 0.241 e. The van der Waals surface area contributed by atoms with Gasteiger partial charge in [-0.3, -0.25) is 10.1 Å². The molecule has 1 saturated heterocycles. The Labute approximate surface area is 190 Å². The van der Waals surface area contributed by atoms with Gasteiger partial charge < -0.3 is 5.32 Å². The molecular formula is C24H22N6OS. The van der Waals surface area contributed by atoms with Gasteiger partial charge in [0.1, 0.15) is 11.4 Å². The van der Waals surface area contributed by atoms with Gasteiger partial charge in [0.2, 0.25) is 11.1 Å². The number of hydrogen-bond donors (Lipinski definition) is 2. The third-order valence-electron chi connectivity index (χ3n) is 5.68. The Morgan fingerprint density at radius 1 is 0.875 bits per heavy atom. The molecule has 2 N–H and O–H groups in total. The zero-order valence-corrected chi connectivity index (χ0v) is 18.2. The zero-order chi connectivity index (χ0) is 22.0. The number of thioether (sulfide) groups is 1. The minimum Gasteiger partial charge on any atom is -0.340 e. The number of amides is 1. The van der Waals surface area contributed by atoms with Crippen LogP contribution in [0.15, 0.2) is 96.2 Å². The fourth-order valence-corrected chi connectivity index (χ4v) is 5.08. The Morgan fingerprint density at radius 3 is 1.78 bits per heavy atom. The molecule has 0 unspecified atom stereocenters. The number of β-lactam (4-membered cyclic amide) rings is 1. The number of carbonyl (C=O) groups excluding carboxylic acids is 1. The lowest BCUT2D eigenvalue weighted by atomic mass is 9.76. The lowest BCUT2D eigenvalue weighted by Gasteiger charge is -2.45. The highest BCUT2D eigenvalue weighted by molar-refractivity contribution is 7.99. The van der Waals surface area contributed by atoms with Gasteiger partial charge in [-0.15, -0.1) is 5.10 Å². The topological polar surface area (TPSA) is 84.7 Å². The van der Waals surface area contributed by atoms with E-state index in [-0.39, 0.29) is 11.3 Å². The van der Waals surface area contributed by atoms with Gasteiger partial charge >= 0.3 is 0 Å². The van der Waals surface area contributed by atoms with Crippen molar-refractivity contribution in [1.82, 2.24) is 30.8 Å². The Morgan fingerprint density at radius 2 is 1.38 bits per heavy atom. The van der Waals surface area contributed by atoms with Crippen LogP contribution in [0.3, 0.4) is 0 Å². The Hall–Kier alpha value is -3.49. The molecule has 1 fully saturated rings. The summed E-state index contributed by atoms with van der Waals surface area (Å²) in [5, 5.41) is 18.8. The molecule has 1 aliphatic heterocycles. The van der Waals surface area contributed by atoms with Crippen molar-refractivity contribution < 1.29 is 4.79 Å². The Bertz CT molecular complexity index is 1100. The normalized spacial score (nSPS) is 18.1. The number of nitrogens with zero attached hydrogens (tertiary/aromatic N) is 4. The number of aryl methyl sites for hydroxylation is 1. The number of rotatable bonds is 7. The van der Waals surface area contributed by atoms with Crippen LogP contribution in [-0.4, -0.2) is 37.5 Å². The fourth-order valence-electron chi connectivity index (χ4n) is 4.08. The van der Waals surface area contributed by atoms with E-state index < -0.39 is 11.6 Å². The molecule has 1 aliphatic rings. The Kier molecular flexibility index (Phi) is 5.46. The molecule has 0 radical (unpaired) electrons. The largest absolute Gasteiger partial charge is 0.340 e. The highest BCUT2D eigenvalue weighted by atomic mass is 32.2. The van der Waals surface area contributed by atoms with Crippen molar-refractivity contribution in [3.63, 3.8) is 0 Å². The summed E-state index contributed by atoms with van der Waals surface area (Å²) >= 11 is 1.43. The van der Waals surface area contributed by atoms with E-state index in [2.05, 4.69) is 62.6 Å². The SMILES string of the molecule is Cn1nnnc1S[C@H]1NC(=O)[C@H]1NC(c1ccccc1)(c1ccccc1)c1ccccc1. The predicted octanol–water partition coefficient (Wildman–Crippen LogP) is 2.71. The van der Waals surface area contributed by atoms with Crippen LogP contribution in [-0.2, 0) is 17.4 Å². The van der Waals surface area contributed by atoms with Crippen LogP contribution < -0.4 is 10.6 Å². The molecule has 0 spiro atoms.